The second kappa shape index (κ2) is 6.74. The summed E-state index contributed by atoms with van der Waals surface area (Å²) >= 11 is 0. The lowest BCUT2D eigenvalue weighted by Gasteiger charge is -2.29. The minimum Gasteiger partial charge on any atom is -0.384 e. The van der Waals surface area contributed by atoms with E-state index in [0.717, 1.165) is 6.92 Å². The fourth-order valence-corrected chi connectivity index (χ4v) is 2.45. The molecule has 6 heteroatoms. The zero-order chi connectivity index (χ0) is 17.2. The van der Waals surface area contributed by atoms with E-state index in [1.54, 1.807) is 43.3 Å². The Balaban J connectivity index is 2.29. The van der Waals surface area contributed by atoms with Crippen LogP contribution in [-0.2, 0) is 0 Å². The van der Waals surface area contributed by atoms with Crippen LogP contribution < -0.4 is 5.32 Å². The Morgan fingerprint density at radius 2 is 1.83 bits per heavy atom. The first-order chi connectivity index (χ1) is 10.7. The summed E-state index contributed by atoms with van der Waals surface area (Å²) in [6.07, 6.45) is -3.77. The van der Waals surface area contributed by atoms with Crippen molar-refractivity contribution in [3.05, 3.63) is 59.1 Å². The third-order valence-electron chi connectivity index (χ3n) is 3.95. The lowest BCUT2D eigenvalue weighted by atomic mass is 9.88. The molecule has 2 rings (SSSR count). The first-order valence-corrected chi connectivity index (χ1v) is 7.38. The number of allylic oxidation sites excluding steroid dienone is 2. The van der Waals surface area contributed by atoms with Gasteiger partial charge in [0.05, 0.1) is 5.70 Å². The maximum Gasteiger partial charge on any atom is 0.408 e. The number of hydrogen-bond donors (Lipinski definition) is 2. The Morgan fingerprint density at radius 1 is 1.22 bits per heavy atom. The molecule has 126 valence electrons. The molecule has 0 heterocycles. The van der Waals surface area contributed by atoms with Gasteiger partial charge in [0.2, 0.25) is 0 Å². The van der Waals surface area contributed by atoms with Gasteiger partial charge in [-0.2, -0.15) is 13.2 Å². The molecule has 0 bridgehead atoms. The highest BCUT2D eigenvalue weighted by atomic mass is 19.4. The Hall–Kier alpha value is -1.82. The summed E-state index contributed by atoms with van der Waals surface area (Å²) in [4.78, 5) is 0. The number of halogens is 4. The third-order valence-corrected chi connectivity index (χ3v) is 3.95. The average molecular weight is 329 g/mol. The molecule has 0 aliphatic heterocycles. The molecule has 0 radical (unpaired) electrons. The van der Waals surface area contributed by atoms with Gasteiger partial charge >= 0.3 is 6.18 Å². The number of alkyl halides is 3. The summed E-state index contributed by atoms with van der Waals surface area (Å²) in [5.74, 6) is -1.22. The minimum atomic E-state index is -4.47. The van der Waals surface area contributed by atoms with Crippen LogP contribution in [-0.4, -0.2) is 17.3 Å². The van der Waals surface area contributed by atoms with Crippen molar-refractivity contribution in [2.75, 3.05) is 0 Å². The first kappa shape index (κ1) is 17.5. The SMILES string of the molecule is CC1CC=C(C(O)c2ccccc2)C(F)=C1NC(C)C(F)(F)F. The predicted octanol–water partition coefficient (Wildman–Crippen LogP) is 4.41. The predicted molar refractivity (Wildman–Crippen MR) is 80.1 cm³/mol. The van der Waals surface area contributed by atoms with Crippen molar-refractivity contribution in [2.45, 2.75) is 38.6 Å². The van der Waals surface area contributed by atoms with Gasteiger partial charge in [-0.3, -0.25) is 0 Å². The third kappa shape index (κ3) is 3.93. The summed E-state index contributed by atoms with van der Waals surface area (Å²) in [5.41, 5.74) is 0.389. The van der Waals surface area contributed by atoms with Gasteiger partial charge in [-0.1, -0.05) is 43.3 Å². The number of hydrogen-bond acceptors (Lipinski definition) is 2. The van der Waals surface area contributed by atoms with Gasteiger partial charge in [0, 0.05) is 11.5 Å². The number of aliphatic hydroxyl groups is 1. The van der Waals surface area contributed by atoms with Gasteiger partial charge in [-0.15, -0.1) is 0 Å². The lowest BCUT2D eigenvalue weighted by Crippen LogP contribution is -2.41. The van der Waals surface area contributed by atoms with E-state index < -0.39 is 30.1 Å². The fraction of sp³-hybridized carbons (Fsp3) is 0.412. The summed E-state index contributed by atoms with van der Waals surface area (Å²) in [7, 11) is 0. The molecule has 0 spiro atoms. The number of nitrogens with one attached hydrogen (secondary N) is 1. The van der Waals surface area contributed by atoms with Crippen LogP contribution in [0.25, 0.3) is 0 Å². The van der Waals surface area contributed by atoms with E-state index >= 15 is 0 Å². The molecule has 2 N–H and O–H groups in total. The maximum atomic E-state index is 14.7. The molecule has 0 aromatic heterocycles. The molecule has 0 saturated carbocycles. The zero-order valence-electron chi connectivity index (χ0n) is 12.9. The topological polar surface area (TPSA) is 32.3 Å². The van der Waals surface area contributed by atoms with Crippen LogP contribution in [0.5, 0.6) is 0 Å². The molecule has 1 aliphatic rings. The highest BCUT2D eigenvalue weighted by Crippen LogP contribution is 2.37. The Kier molecular flexibility index (Phi) is 5.14. The van der Waals surface area contributed by atoms with Gasteiger partial charge in [-0.05, 0) is 18.9 Å². The molecular weight excluding hydrogens is 310 g/mol. The van der Waals surface area contributed by atoms with Crippen molar-refractivity contribution in [2.24, 2.45) is 5.92 Å². The van der Waals surface area contributed by atoms with Crippen LogP contribution in [0, 0.1) is 5.92 Å². The van der Waals surface area contributed by atoms with E-state index in [4.69, 9.17) is 0 Å². The summed E-state index contributed by atoms with van der Waals surface area (Å²) in [6, 6.07) is 6.59. The van der Waals surface area contributed by atoms with Gasteiger partial charge in [-0.25, -0.2) is 4.39 Å². The van der Waals surface area contributed by atoms with E-state index in [-0.39, 0.29) is 11.3 Å². The molecule has 0 saturated heterocycles. The summed E-state index contributed by atoms with van der Waals surface area (Å²) < 4.78 is 52.8. The van der Waals surface area contributed by atoms with Gasteiger partial charge in [0.25, 0.3) is 0 Å². The average Bonchev–Trinajstić information content (AvgIpc) is 2.50. The molecule has 23 heavy (non-hydrogen) atoms. The minimum absolute atomic E-state index is 0.00572. The van der Waals surface area contributed by atoms with Crippen molar-refractivity contribution >= 4 is 0 Å². The van der Waals surface area contributed by atoms with Crippen molar-refractivity contribution < 1.29 is 22.7 Å². The molecule has 2 nitrogen and oxygen atoms in total. The number of aliphatic hydroxyl groups excluding tert-OH is 1. The smallest absolute Gasteiger partial charge is 0.384 e. The standard InChI is InChI=1S/C17H19F4NO/c1-10-8-9-13(16(23)12-6-4-3-5-7-12)14(18)15(10)22-11(2)17(19,20)21/h3-7,9-11,16,22-23H,8H2,1-2H3. The van der Waals surface area contributed by atoms with E-state index in [1.807, 2.05) is 0 Å². The van der Waals surface area contributed by atoms with Crippen molar-refractivity contribution in [1.82, 2.24) is 5.32 Å². The molecule has 0 fully saturated rings. The van der Waals surface area contributed by atoms with Crippen LogP contribution in [0.1, 0.15) is 31.9 Å². The van der Waals surface area contributed by atoms with Crippen LogP contribution >= 0.6 is 0 Å². The van der Waals surface area contributed by atoms with Gasteiger partial charge in [0.1, 0.15) is 18.0 Å². The fourth-order valence-electron chi connectivity index (χ4n) is 2.45. The van der Waals surface area contributed by atoms with E-state index in [0.29, 0.717) is 12.0 Å². The monoisotopic (exact) mass is 329 g/mol. The number of benzene rings is 1. The van der Waals surface area contributed by atoms with Crippen LogP contribution in [0.15, 0.2) is 53.5 Å². The normalized spacial score (nSPS) is 21.7. The quantitative estimate of drug-likeness (QED) is 0.802. The molecule has 1 aromatic carbocycles. The molecular formula is C17H19F4NO. The van der Waals surface area contributed by atoms with E-state index in [2.05, 4.69) is 5.32 Å². The van der Waals surface area contributed by atoms with Gasteiger partial charge in [0.15, 0.2) is 0 Å². The Morgan fingerprint density at radius 3 is 2.39 bits per heavy atom. The lowest BCUT2D eigenvalue weighted by molar-refractivity contribution is -0.150. The van der Waals surface area contributed by atoms with E-state index in [1.165, 1.54) is 0 Å². The van der Waals surface area contributed by atoms with Crippen molar-refractivity contribution in [3.63, 3.8) is 0 Å². The van der Waals surface area contributed by atoms with Crippen molar-refractivity contribution in [3.8, 4) is 0 Å². The second-order valence-corrected chi connectivity index (χ2v) is 5.74. The van der Waals surface area contributed by atoms with Crippen LogP contribution in [0.2, 0.25) is 0 Å². The molecule has 3 atom stereocenters. The Labute approximate surface area is 132 Å². The van der Waals surface area contributed by atoms with Crippen LogP contribution in [0.3, 0.4) is 0 Å². The second-order valence-electron chi connectivity index (χ2n) is 5.74. The van der Waals surface area contributed by atoms with Crippen molar-refractivity contribution in [1.29, 1.82) is 0 Å². The van der Waals surface area contributed by atoms with Crippen LogP contribution in [0.4, 0.5) is 17.6 Å². The van der Waals surface area contributed by atoms with E-state index in [9.17, 15) is 22.7 Å². The van der Waals surface area contributed by atoms with Gasteiger partial charge < -0.3 is 10.4 Å². The molecule has 0 amide bonds. The maximum absolute atomic E-state index is 14.7. The molecule has 1 aromatic rings. The highest BCUT2D eigenvalue weighted by molar-refractivity contribution is 5.41. The Bertz CT molecular complexity index is 607. The molecule has 3 unspecified atom stereocenters. The zero-order valence-corrected chi connectivity index (χ0v) is 12.9. The molecule has 1 aliphatic carbocycles. The summed E-state index contributed by atoms with van der Waals surface area (Å²) in [5, 5.41) is 12.5. The largest absolute Gasteiger partial charge is 0.408 e. The number of rotatable bonds is 4. The summed E-state index contributed by atoms with van der Waals surface area (Å²) in [6.45, 7) is 2.59. The first-order valence-electron chi connectivity index (χ1n) is 7.38. The highest BCUT2D eigenvalue weighted by Gasteiger charge is 2.38.